The Morgan fingerprint density at radius 1 is 1.50 bits per heavy atom. The van der Waals surface area contributed by atoms with E-state index in [0.29, 0.717) is 16.7 Å². The SMILES string of the molecule is O=[N+]([O-])c1cccc(N=C2SCCN2Cc2cnc(Cl)s2)c1. The van der Waals surface area contributed by atoms with Gasteiger partial charge in [-0.25, -0.2) is 9.98 Å². The lowest BCUT2D eigenvalue weighted by Gasteiger charge is -2.16. The van der Waals surface area contributed by atoms with Gasteiger partial charge in [0.15, 0.2) is 9.63 Å². The second kappa shape index (κ2) is 6.64. The molecule has 0 amide bonds. The monoisotopic (exact) mass is 354 g/mol. The predicted octanol–water partition coefficient (Wildman–Crippen LogP) is 3.94. The molecule has 1 aromatic heterocycles. The van der Waals surface area contributed by atoms with E-state index in [2.05, 4.69) is 14.9 Å². The molecular weight excluding hydrogens is 344 g/mol. The molecule has 0 saturated carbocycles. The molecule has 0 bridgehead atoms. The number of nitro benzene ring substituents is 1. The lowest BCUT2D eigenvalue weighted by Crippen LogP contribution is -2.23. The number of hydrogen-bond donors (Lipinski definition) is 0. The molecule has 0 unspecified atom stereocenters. The van der Waals surface area contributed by atoms with Crippen LogP contribution in [0.3, 0.4) is 0 Å². The van der Waals surface area contributed by atoms with Crippen molar-refractivity contribution in [2.75, 3.05) is 12.3 Å². The van der Waals surface area contributed by atoms with Crippen LogP contribution in [0.2, 0.25) is 4.47 Å². The van der Waals surface area contributed by atoms with Crippen LogP contribution in [0.4, 0.5) is 11.4 Å². The Labute approximate surface area is 140 Å². The Balaban J connectivity index is 1.80. The van der Waals surface area contributed by atoms with Crippen LogP contribution >= 0.6 is 34.7 Å². The zero-order valence-corrected chi connectivity index (χ0v) is 13.7. The molecule has 0 aliphatic carbocycles. The Bertz CT molecular complexity index is 734. The van der Waals surface area contributed by atoms with E-state index in [9.17, 15) is 10.1 Å². The first-order valence-electron chi connectivity index (χ1n) is 6.43. The molecule has 0 radical (unpaired) electrons. The number of thiazole rings is 1. The standard InChI is InChI=1S/C13H11ClN4O2S2/c14-12-15-7-11(22-12)8-17-4-5-21-13(17)16-9-2-1-3-10(6-9)18(19)20/h1-3,6-7H,4-5,8H2. The van der Waals surface area contributed by atoms with Crippen molar-refractivity contribution in [1.29, 1.82) is 0 Å². The molecule has 114 valence electrons. The highest BCUT2D eigenvalue weighted by atomic mass is 35.5. The molecule has 1 fully saturated rings. The number of nitrogens with zero attached hydrogens (tertiary/aromatic N) is 4. The van der Waals surface area contributed by atoms with E-state index in [-0.39, 0.29) is 5.69 Å². The van der Waals surface area contributed by atoms with E-state index in [1.807, 2.05) is 0 Å². The Morgan fingerprint density at radius 3 is 3.09 bits per heavy atom. The van der Waals surface area contributed by atoms with E-state index < -0.39 is 4.92 Å². The van der Waals surface area contributed by atoms with Gasteiger partial charge in [0.25, 0.3) is 5.69 Å². The first-order chi connectivity index (χ1) is 10.6. The van der Waals surface area contributed by atoms with Gasteiger partial charge in [0, 0.05) is 35.5 Å². The number of thioether (sulfide) groups is 1. The van der Waals surface area contributed by atoms with Gasteiger partial charge in [-0.05, 0) is 6.07 Å². The quantitative estimate of drug-likeness (QED) is 0.614. The average Bonchev–Trinajstić information content (AvgIpc) is 3.09. The second-order valence-corrected chi connectivity index (χ2v) is 7.28. The minimum Gasteiger partial charge on any atom is -0.345 e. The van der Waals surface area contributed by atoms with Crippen molar-refractivity contribution < 1.29 is 4.92 Å². The average molecular weight is 355 g/mol. The molecule has 1 saturated heterocycles. The summed E-state index contributed by atoms with van der Waals surface area (Å²) in [5, 5.41) is 11.7. The topological polar surface area (TPSA) is 71.6 Å². The zero-order valence-electron chi connectivity index (χ0n) is 11.3. The maximum atomic E-state index is 10.8. The molecule has 1 aromatic carbocycles. The van der Waals surface area contributed by atoms with Crippen molar-refractivity contribution in [3.63, 3.8) is 0 Å². The van der Waals surface area contributed by atoms with Crippen LogP contribution < -0.4 is 0 Å². The normalized spacial score (nSPS) is 16.4. The van der Waals surface area contributed by atoms with Crippen LogP contribution in [0.1, 0.15) is 4.88 Å². The number of benzene rings is 1. The van der Waals surface area contributed by atoms with E-state index in [4.69, 9.17) is 11.6 Å². The van der Waals surface area contributed by atoms with E-state index in [0.717, 1.165) is 22.3 Å². The van der Waals surface area contributed by atoms with E-state index in [1.165, 1.54) is 23.5 Å². The summed E-state index contributed by atoms with van der Waals surface area (Å²) in [7, 11) is 0. The Morgan fingerprint density at radius 2 is 2.36 bits per heavy atom. The van der Waals surface area contributed by atoms with Crippen molar-refractivity contribution in [2.45, 2.75) is 6.54 Å². The molecule has 1 aliphatic rings. The summed E-state index contributed by atoms with van der Waals surface area (Å²) in [5.41, 5.74) is 0.636. The van der Waals surface area contributed by atoms with Gasteiger partial charge in [0.1, 0.15) is 0 Å². The van der Waals surface area contributed by atoms with Gasteiger partial charge in [-0.2, -0.15) is 0 Å². The van der Waals surface area contributed by atoms with Crippen molar-refractivity contribution in [3.8, 4) is 0 Å². The summed E-state index contributed by atoms with van der Waals surface area (Å²) in [6.45, 7) is 1.58. The van der Waals surface area contributed by atoms with Crippen LogP contribution in [-0.4, -0.2) is 32.3 Å². The molecular formula is C13H11ClN4O2S2. The largest absolute Gasteiger partial charge is 0.345 e. The smallest absolute Gasteiger partial charge is 0.271 e. The Kier molecular flexibility index (Phi) is 4.60. The van der Waals surface area contributed by atoms with Crippen LogP contribution in [0.25, 0.3) is 0 Å². The van der Waals surface area contributed by atoms with Crippen molar-refractivity contribution in [1.82, 2.24) is 9.88 Å². The summed E-state index contributed by atoms with van der Waals surface area (Å²) in [6, 6.07) is 6.35. The fourth-order valence-corrected chi connectivity index (χ4v) is 4.01. The number of aliphatic imine (C=N–C) groups is 1. The van der Waals surface area contributed by atoms with Crippen molar-refractivity contribution in [2.24, 2.45) is 4.99 Å². The van der Waals surface area contributed by atoms with Crippen molar-refractivity contribution >= 4 is 51.2 Å². The fraction of sp³-hybridized carbons (Fsp3) is 0.231. The van der Waals surface area contributed by atoms with Gasteiger partial charge in [0.05, 0.1) is 17.2 Å². The van der Waals surface area contributed by atoms with Crippen LogP contribution in [0.15, 0.2) is 35.5 Å². The first-order valence-corrected chi connectivity index (χ1v) is 8.61. The lowest BCUT2D eigenvalue weighted by atomic mass is 10.3. The maximum absolute atomic E-state index is 10.8. The number of aromatic nitrogens is 1. The summed E-state index contributed by atoms with van der Waals surface area (Å²) in [5.74, 6) is 0.945. The number of rotatable bonds is 4. The highest BCUT2D eigenvalue weighted by Gasteiger charge is 2.20. The maximum Gasteiger partial charge on any atom is 0.271 e. The molecule has 1 aliphatic heterocycles. The summed E-state index contributed by atoms with van der Waals surface area (Å²) >= 11 is 8.94. The van der Waals surface area contributed by atoms with Gasteiger partial charge < -0.3 is 4.90 Å². The first kappa shape index (κ1) is 15.3. The summed E-state index contributed by atoms with van der Waals surface area (Å²) in [6.07, 6.45) is 1.76. The van der Waals surface area contributed by atoms with Gasteiger partial charge >= 0.3 is 0 Å². The van der Waals surface area contributed by atoms with Gasteiger partial charge in [-0.1, -0.05) is 29.4 Å². The molecule has 9 heteroatoms. The van der Waals surface area contributed by atoms with Crippen LogP contribution in [0, 0.1) is 10.1 Å². The minimum atomic E-state index is -0.414. The number of nitro groups is 1. The third-order valence-electron chi connectivity index (χ3n) is 3.00. The van der Waals surface area contributed by atoms with Crippen LogP contribution in [0.5, 0.6) is 0 Å². The zero-order chi connectivity index (χ0) is 15.5. The molecule has 0 atom stereocenters. The molecule has 2 heterocycles. The highest BCUT2D eigenvalue weighted by Crippen LogP contribution is 2.28. The number of halogens is 1. The lowest BCUT2D eigenvalue weighted by molar-refractivity contribution is -0.384. The third kappa shape index (κ3) is 3.57. The minimum absolute atomic E-state index is 0.0469. The molecule has 22 heavy (non-hydrogen) atoms. The summed E-state index contributed by atoms with van der Waals surface area (Å²) < 4.78 is 0.527. The number of amidine groups is 1. The fourth-order valence-electron chi connectivity index (χ4n) is 2.02. The van der Waals surface area contributed by atoms with Gasteiger partial charge in [-0.15, -0.1) is 11.3 Å². The van der Waals surface area contributed by atoms with E-state index in [1.54, 1.807) is 30.1 Å². The molecule has 3 rings (SSSR count). The number of hydrogen-bond acceptors (Lipinski definition) is 6. The van der Waals surface area contributed by atoms with Crippen molar-refractivity contribution in [3.05, 3.63) is 49.9 Å². The Hall–Kier alpha value is -1.64. The van der Waals surface area contributed by atoms with Crippen LogP contribution in [-0.2, 0) is 6.54 Å². The molecule has 0 N–H and O–H groups in total. The number of non-ortho nitro benzene ring substituents is 1. The summed E-state index contributed by atoms with van der Waals surface area (Å²) in [4.78, 5) is 22.2. The molecule has 6 nitrogen and oxygen atoms in total. The van der Waals surface area contributed by atoms with Gasteiger partial charge in [-0.3, -0.25) is 10.1 Å². The second-order valence-electron chi connectivity index (χ2n) is 4.52. The third-order valence-corrected chi connectivity index (χ3v) is 5.09. The predicted molar refractivity (Wildman–Crippen MR) is 90.2 cm³/mol. The van der Waals surface area contributed by atoms with Gasteiger partial charge in [0.2, 0.25) is 0 Å². The highest BCUT2D eigenvalue weighted by molar-refractivity contribution is 8.14. The van der Waals surface area contributed by atoms with E-state index >= 15 is 0 Å². The molecule has 0 spiro atoms. The molecule has 2 aromatic rings.